The van der Waals surface area contributed by atoms with E-state index >= 15 is 0 Å². The van der Waals surface area contributed by atoms with E-state index in [9.17, 15) is 8.78 Å². The van der Waals surface area contributed by atoms with E-state index in [0.29, 0.717) is 25.7 Å². The number of nitrogens with one attached hydrogen (secondary N) is 1. The molecule has 0 bridgehead atoms. The number of amidine groups is 1. The molecular formula is C11H14ClF2N3O2. The highest BCUT2D eigenvalue weighted by atomic mass is 35.5. The van der Waals surface area contributed by atoms with Crippen LogP contribution < -0.4 is 5.43 Å². The number of likely N-dealkylation sites (tertiary alicyclic amines) is 1. The van der Waals surface area contributed by atoms with Crippen LogP contribution >= 0.6 is 11.6 Å². The Morgan fingerprint density at radius 2 is 2.21 bits per heavy atom. The molecule has 0 aromatic carbocycles. The molecule has 5 nitrogen and oxygen atoms in total. The first-order chi connectivity index (χ1) is 8.99. The van der Waals surface area contributed by atoms with Crippen molar-refractivity contribution >= 4 is 17.4 Å². The van der Waals surface area contributed by atoms with E-state index in [0.717, 1.165) is 0 Å². The van der Waals surface area contributed by atoms with Gasteiger partial charge in [-0.25, -0.2) is 8.78 Å². The summed E-state index contributed by atoms with van der Waals surface area (Å²) in [6.07, 6.45) is 2.95. The summed E-state index contributed by atoms with van der Waals surface area (Å²) in [6.45, 7) is 0.772. The summed E-state index contributed by atoms with van der Waals surface area (Å²) >= 11 is 6.36. The first-order valence-electron chi connectivity index (χ1n) is 6.04. The Balaban J connectivity index is 1.62. The van der Waals surface area contributed by atoms with E-state index in [1.807, 2.05) is 0 Å². The molecule has 3 aliphatic rings. The van der Waals surface area contributed by atoms with E-state index in [-0.39, 0.29) is 19.2 Å². The van der Waals surface area contributed by atoms with Crippen molar-refractivity contribution < 1.29 is 18.3 Å². The van der Waals surface area contributed by atoms with Crippen molar-refractivity contribution in [3.63, 3.8) is 0 Å². The Labute approximate surface area is 114 Å². The minimum absolute atomic E-state index is 0.309. The van der Waals surface area contributed by atoms with E-state index in [2.05, 4.69) is 10.5 Å². The fourth-order valence-electron chi connectivity index (χ4n) is 2.17. The quantitative estimate of drug-likeness (QED) is 0.573. The van der Waals surface area contributed by atoms with Gasteiger partial charge in [0.2, 0.25) is 0 Å². The highest BCUT2D eigenvalue weighted by molar-refractivity contribution is 6.26. The third-order valence-electron chi connectivity index (χ3n) is 3.27. The Morgan fingerprint density at radius 1 is 1.42 bits per heavy atom. The van der Waals surface area contributed by atoms with Crippen LogP contribution in [0.25, 0.3) is 0 Å². The molecule has 0 saturated carbocycles. The van der Waals surface area contributed by atoms with Gasteiger partial charge in [-0.15, -0.1) is 0 Å². The Hall–Kier alpha value is -0.920. The van der Waals surface area contributed by atoms with Gasteiger partial charge in [-0.3, -0.25) is 5.43 Å². The maximum atomic E-state index is 12.8. The van der Waals surface area contributed by atoms with E-state index in [1.54, 1.807) is 12.2 Å². The zero-order valence-corrected chi connectivity index (χ0v) is 10.9. The smallest absolute Gasteiger partial charge is 0.282 e. The minimum Gasteiger partial charge on any atom is -0.376 e. The molecule has 3 heterocycles. The second-order valence-corrected chi connectivity index (χ2v) is 5.45. The molecule has 19 heavy (non-hydrogen) atoms. The van der Waals surface area contributed by atoms with Crippen molar-refractivity contribution in [2.45, 2.75) is 17.0 Å². The van der Waals surface area contributed by atoms with Crippen molar-refractivity contribution in [1.29, 1.82) is 0 Å². The van der Waals surface area contributed by atoms with Crippen molar-refractivity contribution in [3.05, 3.63) is 12.2 Å². The molecule has 0 aliphatic carbocycles. The summed E-state index contributed by atoms with van der Waals surface area (Å²) in [5.74, 6) is -2.16. The second kappa shape index (κ2) is 4.57. The third kappa shape index (κ3) is 2.54. The van der Waals surface area contributed by atoms with Crippen molar-refractivity contribution in [3.8, 4) is 0 Å². The average Bonchev–Trinajstić information content (AvgIpc) is 2.38. The molecule has 2 saturated heterocycles. The molecule has 0 aromatic heterocycles. The summed E-state index contributed by atoms with van der Waals surface area (Å²) in [5, 5.41) is 4.05. The Kier molecular flexibility index (Phi) is 3.15. The van der Waals surface area contributed by atoms with Crippen LogP contribution in [0.15, 0.2) is 17.3 Å². The van der Waals surface area contributed by atoms with Crippen LogP contribution in [0.4, 0.5) is 8.78 Å². The van der Waals surface area contributed by atoms with Crippen LogP contribution in [0.1, 0.15) is 0 Å². The zero-order valence-electron chi connectivity index (χ0n) is 10.1. The van der Waals surface area contributed by atoms with Crippen LogP contribution in [0, 0.1) is 0 Å². The molecule has 1 N–H and O–H groups in total. The van der Waals surface area contributed by atoms with Gasteiger partial charge in [-0.2, -0.15) is 5.10 Å². The van der Waals surface area contributed by atoms with E-state index in [4.69, 9.17) is 21.1 Å². The van der Waals surface area contributed by atoms with Crippen molar-refractivity contribution in [1.82, 2.24) is 10.3 Å². The van der Waals surface area contributed by atoms with Gasteiger partial charge in [0.05, 0.1) is 32.9 Å². The number of alkyl halides is 3. The van der Waals surface area contributed by atoms with E-state index < -0.39 is 10.9 Å². The first kappa shape index (κ1) is 13.1. The summed E-state index contributed by atoms with van der Waals surface area (Å²) < 4.78 is 36.4. The van der Waals surface area contributed by atoms with Crippen molar-refractivity contribution in [2.24, 2.45) is 5.10 Å². The standard InChI is InChI=1S/C11H14ClF2N3O2/c12-11(8-5-18-3-4-19-8)2-1-9(15-16-11)17-6-10(13,14)7-17/h1-2,8,16H,3-7H2. The largest absolute Gasteiger partial charge is 0.376 e. The van der Waals surface area contributed by atoms with Crippen molar-refractivity contribution in [2.75, 3.05) is 32.9 Å². The van der Waals surface area contributed by atoms with Gasteiger partial charge in [-0.1, -0.05) is 11.6 Å². The Morgan fingerprint density at radius 3 is 2.74 bits per heavy atom. The van der Waals surface area contributed by atoms with Gasteiger partial charge in [0.25, 0.3) is 5.92 Å². The van der Waals surface area contributed by atoms with Gasteiger partial charge in [-0.05, 0) is 12.2 Å². The number of halogens is 3. The number of hydrazone groups is 1. The summed E-state index contributed by atoms with van der Waals surface area (Å²) in [4.78, 5) is 0.496. The predicted molar refractivity (Wildman–Crippen MR) is 65.4 cm³/mol. The number of hydrogen-bond acceptors (Lipinski definition) is 5. The lowest BCUT2D eigenvalue weighted by Gasteiger charge is -2.42. The lowest BCUT2D eigenvalue weighted by molar-refractivity contribution is -0.105. The molecule has 0 aromatic rings. The second-order valence-electron chi connectivity index (χ2n) is 4.83. The van der Waals surface area contributed by atoms with Crippen LogP contribution in [0.5, 0.6) is 0 Å². The molecule has 2 unspecified atom stereocenters. The molecule has 0 amide bonds. The fourth-order valence-corrected chi connectivity index (χ4v) is 2.40. The van der Waals surface area contributed by atoms with Gasteiger partial charge in [0, 0.05) is 0 Å². The molecule has 106 valence electrons. The molecular weight excluding hydrogens is 280 g/mol. The number of rotatable bonds is 1. The maximum absolute atomic E-state index is 12.8. The highest BCUT2D eigenvalue weighted by Gasteiger charge is 2.46. The molecule has 2 atom stereocenters. The lowest BCUT2D eigenvalue weighted by Crippen LogP contribution is -2.60. The normalized spacial score (nSPS) is 37.3. The molecule has 0 spiro atoms. The molecule has 0 radical (unpaired) electrons. The first-order valence-corrected chi connectivity index (χ1v) is 6.41. The summed E-state index contributed by atoms with van der Waals surface area (Å²) in [7, 11) is 0. The molecule has 8 heteroatoms. The topological polar surface area (TPSA) is 46.1 Å². The average molecular weight is 294 g/mol. The summed E-state index contributed by atoms with van der Waals surface area (Å²) in [6, 6.07) is 0. The van der Waals surface area contributed by atoms with Gasteiger partial charge in [0.1, 0.15) is 11.9 Å². The maximum Gasteiger partial charge on any atom is 0.282 e. The van der Waals surface area contributed by atoms with Crippen LogP contribution in [-0.2, 0) is 9.47 Å². The lowest BCUT2D eigenvalue weighted by atomic mass is 10.1. The van der Waals surface area contributed by atoms with Gasteiger partial charge < -0.3 is 14.4 Å². The zero-order chi connectivity index (χ0) is 13.5. The van der Waals surface area contributed by atoms with E-state index in [1.165, 1.54) is 4.90 Å². The Bertz CT molecular complexity index is 418. The molecule has 3 aliphatic heterocycles. The number of nitrogens with zero attached hydrogens (tertiary/aromatic N) is 2. The SMILES string of the molecule is FC1(F)CN(C2=NNC(Cl)(C3COCCO3)C=C2)C1. The number of hydrogen-bond donors (Lipinski definition) is 1. The minimum atomic E-state index is -2.62. The molecule has 3 rings (SSSR count). The van der Waals surface area contributed by atoms with Gasteiger partial charge in [0.15, 0.2) is 5.00 Å². The molecule has 2 fully saturated rings. The fraction of sp³-hybridized carbons (Fsp3) is 0.727. The van der Waals surface area contributed by atoms with Crippen LogP contribution in [0.2, 0.25) is 0 Å². The number of ether oxygens (including phenoxy) is 2. The monoisotopic (exact) mass is 293 g/mol. The van der Waals surface area contributed by atoms with Crippen LogP contribution in [-0.4, -0.2) is 60.7 Å². The highest BCUT2D eigenvalue weighted by Crippen LogP contribution is 2.30. The predicted octanol–water partition coefficient (Wildman–Crippen LogP) is 0.761. The third-order valence-corrected chi connectivity index (χ3v) is 3.72. The van der Waals surface area contributed by atoms with Crippen LogP contribution in [0.3, 0.4) is 0 Å². The van der Waals surface area contributed by atoms with Gasteiger partial charge >= 0.3 is 0 Å². The summed E-state index contributed by atoms with van der Waals surface area (Å²) in [5.41, 5.74) is 2.77.